The van der Waals surface area contributed by atoms with Crippen molar-refractivity contribution in [1.82, 2.24) is 9.78 Å². The van der Waals surface area contributed by atoms with Crippen molar-refractivity contribution < 1.29 is 33.0 Å². The van der Waals surface area contributed by atoms with Crippen LogP contribution in [0.2, 0.25) is 0 Å². The Kier molecular flexibility index (Phi) is 3.92. The average Bonchev–Trinajstić information content (AvgIpc) is 2.84. The third-order valence-corrected chi connectivity index (χ3v) is 4.22. The Morgan fingerprint density at radius 1 is 1.32 bits per heavy atom. The lowest BCUT2D eigenvalue weighted by Gasteiger charge is -2.34. The lowest BCUT2D eigenvalue weighted by Crippen LogP contribution is -2.34. The number of hydrogen-bond acceptors (Lipinski definition) is 3. The average molecular weight is 320 g/mol. The Bertz CT molecular complexity index is 601. The first kappa shape index (κ1) is 16.3. The highest BCUT2D eigenvalue weighted by atomic mass is 19.4. The summed E-state index contributed by atoms with van der Waals surface area (Å²) < 4.78 is 40.0. The van der Waals surface area contributed by atoms with Gasteiger partial charge in [-0.2, -0.15) is 18.3 Å². The van der Waals surface area contributed by atoms with Crippen LogP contribution in [0.25, 0.3) is 0 Å². The fraction of sp³-hybridized carbons (Fsp3) is 0.615. The molecular formula is C13H15F3N2O4. The van der Waals surface area contributed by atoms with Crippen molar-refractivity contribution in [3.05, 3.63) is 17.5 Å². The molecule has 1 fully saturated rings. The molecule has 22 heavy (non-hydrogen) atoms. The largest absolute Gasteiger partial charge is 0.481 e. The van der Waals surface area contributed by atoms with E-state index < -0.39 is 40.8 Å². The molecule has 1 heterocycles. The molecule has 1 aromatic rings. The second kappa shape index (κ2) is 5.29. The van der Waals surface area contributed by atoms with Crippen molar-refractivity contribution >= 4 is 11.9 Å². The van der Waals surface area contributed by atoms with E-state index in [2.05, 4.69) is 5.10 Å². The zero-order valence-electron chi connectivity index (χ0n) is 11.7. The van der Waals surface area contributed by atoms with Gasteiger partial charge in [-0.25, -0.2) is 4.79 Å². The zero-order chi connectivity index (χ0) is 16.7. The Labute approximate surface area is 123 Å². The predicted molar refractivity (Wildman–Crippen MR) is 67.4 cm³/mol. The second-order valence-electron chi connectivity index (χ2n) is 5.75. The number of rotatable bonds is 3. The van der Waals surface area contributed by atoms with E-state index in [0.717, 1.165) is 0 Å². The number of carboxylic acid groups (broad SMARTS) is 2. The normalized spacial score (nSPS) is 25.9. The summed E-state index contributed by atoms with van der Waals surface area (Å²) in [5.41, 5.74) is -3.14. The van der Waals surface area contributed by atoms with E-state index in [4.69, 9.17) is 10.2 Å². The van der Waals surface area contributed by atoms with Crippen LogP contribution < -0.4 is 0 Å². The quantitative estimate of drug-likeness (QED) is 0.893. The fourth-order valence-electron chi connectivity index (χ4n) is 2.78. The summed E-state index contributed by atoms with van der Waals surface area (Å²) in [6, 6.07) is -0.655. The maximum absolute atomic E-state index is 13.1. The van der Waals surface area contributed by atoms with Crippen molar-refractivity contribution in [2.24, 2.45) is 5.41 Å². The van der Waals surface area contributed by atoms with Gasteiger partial charge in [0.15, 0.2) is 5.69 Å². The van der Waals surface area contributed by atoms with E-state index in [9.17, 15) is 22.8 Å². The van der Waals surface area contributed by atoms with Gasteiger partial charge in [0.1, 0.15) is 5.56 Å². The minimum atomic E-state index is -4.84. The summed E-state index contributed by atoms with van der Waals surface area (Å²) in [4.78, 5) is 22.1. The van der Waals surface area contributed by atoms with Crippen LogP contribution in [0.3, 0.4) is 0 Å². The van der Waals surface area contributed by atoms with Gasteiger partial charge in [-0.3, -0.25) is 9.48 Å². The molecule has 1 saturated carbocycles. The molecule has 0 aromatic carbocycles. The van der Waals surface area contributed by atoms with Crippen molar-refractivity contribution in [2.45, 2.75) is 44.8 Å². The second-order valence-corrected chi connectivity index (χ2v) is 5.75. The molecule has 122 valence electrons. The van der Waals surface area contributed by atoms with Gasteiger partial charge in [0.2, 0.25) is 0 Å². The molecule has 1 aromatic heterocycles. The van der Waals surface area contributed by atoms with Gasteiger partial charge >= 0.3 is 18.1 Å². The minimum Gasteiger partial charge on any atom is -0.481 e. The monoisotopic (exact) mass is 320 g/mol. The lowest BCUT2D eigenvalue weighted by molar-refractivity contribution is -0.152. The molecule has 1 aliphatic rings. The van der Waals surface area contributed by atoms with E-state index >= 15 is 0 Å². The maximum Gasteiger partial charge on any atom is 0.433 e. The molecule has 9 heteroatoms. The van der Waals surface area contributed by atoms with Gasteiger partial charge in [0.25, 0.3) is 0 Å². The molecule has 6 nitrogen and oxygen atoms in total. The predicted octanol–water partition coefficient (Wildman–Crippen LogP) is 2.81. The van der Waals surface area contributed by atoms with Crippen LogP contribution in [0, 0.1) is 5.41 Å². The molecule has 2 N–H and O–H groups in total. The first-order chi connectivity index (χ1) is 10.1. The van der Waals surface area contributed by atoms with Crippen molar-refractivity contribution in [3.63, 3.8) is 0 Å². The molecule has 2 rings (SSSR count). The number of aliphatic carboxylic acids is 1. The number of halogens is 3. The lowest BCUT2D eigenvalue weighted by atomic mass is 9.74. The van der Waals surface area contributed by atoms with E-state index in [0.29, 0.717) is 10.9 Å². The van der Waals surface area contributed by atoms with Crippen LogP contribution >= 0.6 is 0 Å². The van der Waals surface area contributed by atoms with Crippen LogP contribution in [0.15, 0.2) is 6.20 Å². The van der Waals surface area contributed by atoms with Gasteiger partial charge in [0, 0.05) is 0 Å². The van der Waals surface area contributed by atoms with Crippen LogP contribution in [0.4, 0.5) is 13.2 Å². The van der Waals surface area contributed by atoms with Crippen LogP contribution in [-0.2, 0) is 11.0 Å². The highest BCUT2D eigenvalue weighted by Crippen LogP contribution is 2.43. The molecule has 0 bridgehead atoms. The third-order valence-electron chi connectivity index (χ3n) is 4.22. The zero-order valence-corrected chi connectivity index (χ0v) is 11.7. The van der Waals surface area contributed by atoms with E-state index in [-0.39, 0.29) is 25.7 Å². The summed E-state index contributed by atoms with van der Waals surface area (Å²) in [7, 11) is 0. The third kappa shape index (κ3) is 2.79. The van der Waals surface area contributed by atoms with Gasteiger partial charge in [-0.15, -0.1) is 0 Å². The Balaban J connectivity index is 2.32. The highest BCUT2D eigenvalue weighted by Gasteiger charge is 2.44. The smallest absolute Gasteiger partial charge is 0.433 e. The number of carbonyl (C=O) groups is 2. The first-order valence-electron chi connectivity index (χ1n) is 6.67. The Morgan fingerprint density at radius 2 is 1.86 bits per heavy atom. The SMILES string of the molecule is CC1(C(=O)O)CCC(n2ncc(C(=O)O)c2C(F)(F)F)CC1. The minimum absolute atomic E-state index is 0.201. The summed E-state index contributed by atoms with van der Waals surface area (Å²) in [5.74, 6) is -2.67. The van der Waals surface area contributed by atoms with Gasteiger partial charge in [0.05, 0.1) is 17.7 Å². The van der Waals surface area contributed by atoms with Gasteiger partial charge in [-0.1, -0.05) is 0 Å². The number of aromatic carboxylic acids is 1. The summed E-state index contributed by atoms with van der Waals surface area (Å²) in [6.07, 6.45) is -3.31. The van der Waals surface area contributed by atoms with Crippen molar-refractivity contribution in [3.8, 4) is 0 Å². The Hall–Kier alpha value is -2.06. The molecule has 0 amide bonds. The van der Waals surface area contributed by atoms with Gasteiger partial charge in [-0.05, 0) is 32.6 Å². The molecule has 0 saturated heterocycles. The number of aromatic nitrogens is 2. The number of nitrogens with zero attached hydrogens (tertiary/aromatic N) is 2. The first-order valence-corrected chi connectivity index (χ1v) is 6.67. The van der Waals surface area contributed by atoms with E-state index in [1.54, 1.807) is 6.92 Å². The van der Waals surface area contributed by atoms with Crippen molar-refractivity contribution in [1.29, 1.82) is 0 Å². The van der Waals surface area contributed by atoms with Crippen LogP contribution in [-0.4, -0.2) is 31.9 Å². The fourth-order valence-corrected chi connectivity index (χ4v) is 2.78. The summed E-state index contributed by atoms with van der Waals surface area (Å²) in [5, 5.41) is 21.6. The molecule has 0 aliphatic heterocycles. The molecular weight excluding hydrogens is 305 g/mol. The highest BCUT2D eigenvalue weighted by molar-refractivity contribution is 5.88. The standard InChI is InChI=1S/C13H15F3N2O4/c1-12(11(21)22)4-2-7(3-5-12)18-9(13(14,15)16)8(6-17-18)10(19)20/h6-7H,2-5H2,1H3,(H,19,20)(H,21,22). The summed E-state index contributed by atoms with van der Waals surface area (Å²) >= 11 is 0. The Morgan fingerprint density at radius 3 is 2.27 bits per heavy atom. The topological polar surface area (TPSA) is 92.4 Å². The molecule has 0 spiro atoms. The molecule has 0 radical (unpaired) electrons. The van der Waals surface area contributed by atoms with Crippen LogP contribution in [0.5, 0.6) is 0 Å². The number of carboxylic acids is 2. The molecule has 0 unspecified atom stereocenters. The molecule has 1 aliphatic carbocycles. The van der Waals surface area contributed by atoms with Gasteiger partial charge < -0.3 is 10.2 Å². The van der Waals surface area contributed by atoms with E-state index in [1.165, 1.54) is 0 Å². The van der Waals surface area contributed by atoms with Crippen LogP contribution in [0.1, 0.15) is 54.7 Å². The van der Waals surface area contributed by atoms with Crippen molar-refractivity contribution in [2.75, 3.05) is 0 Å². The number of alkyl halides is 3. The summed E-state index contributed by atoms with van der Waals surface area (Å²) in [6.45, 7) is 1.56. The van der Waals surface area contributed by atoms with E-state index in [1.807, 2.05) is 0 Å². The number of hydrogen-bond donors (Lipinski definition) is 2. The molecule has 0 atom stereocenters. The maximum atomic E-state index is 13.1.